The molecule has 5 nitrogen and oxygen atoms in total. The molecule has 0 atom stereocenters. The van der Waals surface area contributed by atoms with E-state index in [1.165, 1.54) is 6.07 Å². The third-order valence-corrected chi connectivity index (χ3v) is 9.47. The second kappa shape index (κ2) is 8.54. The fraction of sp³-hybridized carbons (Fsp3) is 0.391. The van der Waals surface area contributed by atoms with Crippen LogP contribution < -0.4 is 10.9 Å². The van der Waals surface area contributed by atoms with Crippen molar-refractivity contribution in [3.63, 3.8) is 0 Å². The van der Waals surface area contributed by atoms with Gasteiger partial charge in [0, 0.05) is 0 Å². The summed E-state index contributed by atoms with van der Waals surface area (Å²) in [5.41, 5.74) is 1.41. The van der Waals surface area contributed by atoms with Crippen LogP contribution in [0.5, 0.6) is 0 Å². The summed E-state index contributed by atoms with van der Waals surface area (Å²) >= 11 is 0. The zero-order valence-corrected chi connectivity index (χ0v) is 18.5. The number of aromatic amines is 1. The van der Waals surface area contributed by atoms with Crippen molar-refractivity contribution in [2.75, 3.05) is 32.0 Å². The summed E-state index contributed by atoms with van der Waals surface area (Å²) in [6.07, 6.45) is 1.77. The van der Waals surface area contributed by atoms with E-state index in [0.717, 1.165) is 36.3 Å². The second-order valence-electron chi connectivity index (χ2n) is 8.76. The van der Waals surface area contributed by atoms with Gasteiger partial charge in [-0.25, -0.2) is 0 Å². The molecule has 0 aliphatic carbocycles. The number of rotatable bonds is 5. The molecule has 0 radical (unpaired) electrons. The third-order valence-electron chi connectivity index (χ3n) is 5.99. The minimum atomic E-state index is -2.86. The quantitative estimate of drug-likeness (QED) is 0.612. The summed E-state index contributed by atoms with van der Waals surface area (Å²) in [5, 5.41) is 8.67. The Balaban J connectivity index is 1.61. The number of benzene rings is 2. The van der Waals surface area contributed by atoms with Crippen LogP contribution in [0.1, 0.15) is 25.1 Å². The van der Waals surface area contributed by atoms with Gasteiger partial charge in [0.05, 0.1) is 0 Å². The first kappa shape index (κ1) is 21.1. The van der Waals surface area contributed by atoms with E-state index in [0.29, 0.717) is 35.4 Å². The van der Waals surface area contributed by atoms with E-state index in [9.17, 15) is 14.1 Å². The molecule has 2 N–H and O–H groups in total. The second-order valence-corrected chi connectivity index (χ2v) is 12.4. The Morgan fingerprint density at radius 3 is 2.57 bits per heavy atom. The predicted octanol–water partition coefficient (Wildman–Crippen LogP) is 2.91. The van der Waals surface area contributed by atoms with Gasteiger partial charge >= 0.3 is 176 Å². The maximum atomic E-state index is 14.7. The monoisotopic (exact) mass is 429 g/mol. The summed E-state index contributed by atoms with van der Waals surface area (Å²) in [5.74, 6) is 0.266. The van der Waals surface area contributed by atoms with Gasteiger partial charge in [0.15, 0.2) is 0 Å². The number of hydrogen-bond acceptors (Lipinski definition) is 4. The van der Waals surface area contributed by atoms with E-state index < -0.39 is 7.49 Å². The van der Waals surface area contributed by atoms with E-state index in [1.807, 2.05) is 24.3 Å². The molecule has 160 valence electrons. The summed E-state index contributed by atoms with van der Waals surface area (Å²) in [6, 6.07) is 12.4. The molecule has 0 amide bonds. The van der Waals surface area contributed by atoms with E-state index in [4.69, 9.17) is 0 Å². The van der Waals surface area contributed by atoms with Crippen LogP contribution in [0.2, 0.25) is 0 Å². The first-order valence-electron chi connectivity index (χ1n) is 10.6. The van der Waals surface area contributed by atoms with Gasteiger partial charge in [0.25, 0.3) is 0 Å². The SMILES string of the molecule is CC(C)CN1CC[PH](O)(c2cc(Cc3n[nH]c(=O)c4ccccc34)ccc2F)CC1. The number of halogens is 1. The Morgan fingerprint density at radius 2 is 1.87 bits per heavy atom. The minimum absolute atomic E-state index is 0.218. The van der Waals surface area contributed by atoms with Gasteiger partial charge < -0.3 is 0 Å². The zero-order chi connectivity index (χ0) is 21.3. The van der Waals surface area contributed by atoms with Gasteiger partial charge in [-0.1, -0.05) is 0 Å². The first-order chi connectivity index (χ1) is 14.4. The van der Waals surface area contributed by atoms with Gasteiger partial charge in [-0.15, -0.1) is 0 Å². The van der Waals surface area contributed by atoms with Gasteiger partial charge in [0.1, 0.15) is 0 Å². The van der Waals surface area contributed by atoms with Crippen LogP contribution in [0.4, 0.5) is 4.39 Å². The van der Waals surface area contributed by atoms with Crippen molar-refractivity contribution in [2.24, 2.45) is 5.92 Å². The zero-order valence-electron chi connectivity index (χ0n) is 17.5. The van der Waals surface area contributed by atoms with Crippen LogP contribution in [-0.4, -0.2) is 51.9 Å². The molecule has 0 saturated carbocycles. The molecule has 3 aromatic rings. The molecule has 0 unspecified atom stereocenters. The van der Waals surface area contributed by atoms with Gasteiger partial charge in [0.2, 0.25) is 0 Å². The average Bonchev–Trinajstić information content (AvgIpc) is 2.73. The van der Waals surface area contributed by atoms with E-state index in [1.54, 1.807) is 12.1 Å². The number of H-pyrrole nitrogens is 1. The summed E-state index contributed by atoms with van der Waals surface area (Å²) in [4.78, 5) is 25.8. The van der Waals surface area contributed by atoms with Crippen molar-refractivity contribution in [1.29, 1.82) is 0 Å². The van der Waals surface area contributed by atoms with Crippen molar-refractivity contribution >= 4 is 23.6 Å². The Bertz CT molecular complexity index is 1110. The molecule has 0 spiro atoms. The average molecular weight is 429 g/mol. The van der Waals surface area contributed by atoms with Crippen LogP contribution in [-0.2, 0) is 6.42 Å². The molecule has 30 heavy (non-hydrogen) atoms. The normalized spacial score (nSPS) is 18.0. The Hall–Kier alpha value is -2.14. The van der Waals surface area contributed by atoms with E-state index >= 15 is 0 Å². The molecule has 1 aliphatic heterocycles. The number of hydrogen-bond donors (Lipinski definition) is 2. The van der Waals surface area contributed by atoms with Gasteiger partial charge in [-0.3, -0.25) is 0 Å². The van der Waals surface area contributed by atoms with E-state index in [-0.39, 0.29) is 11.4 Å². The van der Waals surface area contributed by atoms with Crippen molar-refractivity contribution in [3.8, 4) is 0 Å². The van der Waals surface area contributed by atoms with Crippen LogP contribution in [0.25, 0.3) is 10.8 Å². The number of nitrogens with zero attached hydrogens (tertiary/aromatic N) is 2. The molecule has 2 heterocycles. The van der Waals surface area contributed by atoms with Crippen molar-refractivity contribution in [1.82, 2.24) is 15.1 Å². The van der Waals surface area contributed by atoms with Crippen LogP contribution >= 0.6 is 7.49 Å². The summed E-state index contributed by atoms with van der Waals surface area (Å²) in [6.45, 7) is 7.02. The van der Waals surface area contributed by atoms with Crippen LogP contribution in [0.15, 0.2) is 47.3 Å². The number of nitrogens with one attached hydrogen (secondary N) is 1. The summed E-state index contributed by atoms with van der Waals surface area (Å²) in [7, 11) is -2.86. The first-order valence-corrected chi connectivity index (χ1v) is 12.9. The molecule has 1 saturated heterocycles. The van der Waals surface area contributed by atoms with E-state index in [2.05, 4.69) is 28.9 Å². The fourth-order valence-corrected chi connectivity index (χ4v) is 7.57. The van der Waals surface area contributed by atoms with Crippen LogP contribution in [0.3, 0.4) is 0 Å². The summed E-state index contributed by atoms with van der Waals surface area (Å²) < 4.78 is 14.7. The molecule has 2 aromatic carbocycles. The van der Waals surface area contributed by atoms with Crippen molar-refractivity contribution in [2.45, 2.75) is 20.3 Å². The third kappa shape index (κ3) is 4.31. The van der Waals surface area contributed by atoms with Crippen molar-refractivity contribution < 1.29 is 9.28 Å². The van der Waals surface area contributed by atoms with Crippen molar-refractivity contribution in [3.05, 3.63) is 69.9 Å². The Kier molecular flexibility index (Phi) is 6.01. The standard InChI is InChI=1S/C23H29FN3O2P/c1-16(2)15-27-9-11-30(29,12-10-27)22-14-17(7-8-20(22)24)13-21-18-5-3-4-6-19(18)23(28)26-25-21/h3-8,14,16,29-30H,9-13,15H2,1-2H3,(H,26,28). The molecule has 0 bridgehead atoms. The fourth-order valence-electron chi connectivity index (χ4n) is 4.43. The molecule has 1 fully saturated rings. The Labute approximate surface area is 176 Å². The molecule has 4 rings (SSSR count). The number of aromatic nitrogens is 2. The molecular formula is C23H29FN3O2P. The Morgan fingerprint density at radius 1 is 1.17 bits per heavy atom. The maximum absolute atomic E-state index is 14.7. The predicted molar refractivity (Wildman–Crippen MR) is 123 cm³/mol. The molecule has 1 aliphatic rings. The van der Waals surface area contributed by atoms with Gasteiger partial charge in [-0.2, -0.15) is 0 Å². The van der Waals surface area contributed by atoms with Crippen LogP contribution in [0, 0.1) is 11.7 Å². The molecule has 7 heteroatoms. The topological polar surface area (TPSA) is 69.2 Å². The number of fused-ring (bicyclic) bond motifs is 1. The molecule has 1 aromatic heterocycles. The van der Waals surface area contributed by atoms with Gasteiger partial charge in [-0.05, 0) is 0 Å². The molecular weight excluding hydrogens is 400 g/mol.